The lowest BCUT2D eigenvalue weighted by atomic mass is 10.1. The van der Waals surface area contributed by atoms with E-state index in [2.05, 4.69) is 10.3 Å². The molecule has 1 heterocycles. The Hall–Kier alpha value is -2.18. The van der Waals surface area contributed by atoms with Gasteiger partial charge in [0.2, 0.25) is 5.91 Å². The van der Waals surface area contributed by atoms with Crippen molar-refractivity contribution in [1.82, 2.24) is 4.98 Å². The molecular formula is C14H11ClN2O3S. The molecule has 0 aliphatic carbocycles. The molecule has 0 saturated heterocycles. The van der Waals surface area contributed by atoms with Gasteiger partial charge in [0.25, 0.3) is 0 Å². The molecule has 2 rings (SSSR count). The first kappa shape index (κ1) is 15.2. The highest BCUT2D eigenvalue weighted by atomic mass is 35.5. The lowest BCUT2D eigenvalue weighted by Crippen LogP contribution is -2.13. The fourth-order valence-corrected chi connectivity index (χ4v) is 2.39. The molecule has 2 N–H and O–H groups in total. The van der Waals surface area contributed by atoms with Crippen molar-refractivity contribution >= 4 is 46.0 Å². The minimum absolute atomic E-state index is 0.194. The van der Waals surface area contributed by atoms with Crippen LogP contribution in [0.1, 0.15) is 10.4 Å². The van der Waals surface area contributed by atoms with Gasteiger partial charge in [-0.25, -0.2) is 9.78 Å². The molecule has 1 amide bonds. The first-order chi connectivity index (χ1) is 10.0. The van der Waals surface area contributed by atoms with Crippen molar-refractivity contribution < 1.29 is 14.7 Å². The van der Waals surface area contributed by atoms with Gasteiger partial charge < -0.3 is 10.4 Å². The molecule has 108 valence electrons. The molecule has 0 spiro atoms. The van der Waals surface area contributed by atoms with Crippen LogP contribution in [0, 0.1) is 0 Å². The molecule has 21 heavy (non-hydrogen) atoms. The molecule has 1 aromatic carbocycles. The number of nitrogens with one attached hydrogen (secondary N) is 1. The molecule has 0 bridgehead atoms. The number of hydrogen-bond acceptors (Lipinski definition) is 4. The Bertz CT molecular complexity index is 680. The minimum atomic E-state index is -1.03. The average molecular weight is 323 g/mol. The fourth-order valence-electron chi connectivity index (χ4n) is 1.53. The third-order valence-corrected chi connectivity index (χ3v) is 3.57. The summed E-state index contributed by atoms with van der Waals surface area (Å²) in [6, 6.07) is 7.01. The van der Waals surface area contributed by atoms with Crippen molar-refractivity contribution in [2.24, 2.45) is 0 Å². The van der Waals surface area contributed by atoms with Crippen molar-refractivity contribution in [2.45, 2.75) is 6.42 Å². The van der Waals surface area contributed by atoms with Gasteiger partial charge in [0.15, 0.2) is 5.13 Å². The number of carboxylic acids is 1. The second-order valence-electron chi connectivity index (χ2n) is 4.09. The number of carboxylic acid groups (broad SMARTS) is 1. The second kappa shape index (κ2) is 7.01. The molecule has 0 radical (unpaired) electrons. The number of thiazole rings is 1. The highest BCUT2D eigenvalue weighted by Gasteiger charge is 2.07. The third kappa shape index (κ3) is 5.02. The molecule has 0 atom stereocenters. The lowest BCUT2D eigenvalue weighted by Gasteiger charge is -2.02. The first-order valence-electron chi connectivity index (χ1n) is 5.94. The number of nitrogens with zero attached hydrogens (tertiary/aromatic N) is 1. The number of aliphatic carboxylic acids is 1. The summed E-state index contributed by atoms with van der Waals surface area (Å²) in [6.07, 6.45) is 4.17. The maximum Gasteiger partial charge on any atom is 0.328 e. The molecule has 0 fully saturated rings. The molecule has 2 aromatic rings. The van der Waals surface area contributed by atoms with Gasteiger partial charge in [-0.2, -0.15) is 0 Å². The Labute approximate surface area is 129 Å². The average Bonchev–Trinajstić information content (AvgIpc) is 2.86. The molecule has 1 aromatic heterocycles. The van der Waals surface area contributed by atoms with Gasteiger partial charge in [-0.1, -0.05) is 35.1 Å². The summed E-state index contributed by atoms with van der Waals surface area (Å²) in [5, 5.41) is 12.2. The Balaban J connectivity index is 1.93. The van der Waals surface area contributed by atoms with E-state index >= 15 is 0 Å². The maximum absolute atomic E-state index is 11.9. The Morgan fingerprint density at radius 2 is 2.05 bits per heavy atom. The highest BCUT2D eigenvalue weighted by molar-refractivity contribution is 7.16. The van der Waals surface area contributed by atoms with Crippen molar-refractivity contribution in [1.29, 1.82) is 0 Å². The highest BCUT2D eigenvalue weighted by Crippen LogP contribution is 2.19. The van der Waals surface area contributed by atoms with Crippen LogP contribution < -0.4 is 5.32 Å². The van der Waals surface area contributed by atoms with Crippen LogP contribution in [0.15, 0.2) is 36.5 Å². The molecule has 0 unspecified atom stereocenters. The number of anilines is 1. The summed E-state index contributed by atoms with van der Waals surface area (Å²) in [7, 11) is 0. The normalized spacial score (nSPS) is 10.7. The van der Waals surface area contributed by atoms with Crippen LogP contribution in [-0.4, -0.2) is 22.0 Å². The number of benzene rings is 1. The maximum atomic E-state index is 11.9. The smallest absolute Gasteiger partial charge is 0.328 e. The van der Waals surface area contributed by atoms with Crippen molar-refractivity contribution in [3.8, 4) is 0 Å². The largest absolute Gasteiger partial charge is 0.478 e. The molecule has 7 heteroatoms. The number of halogens is 1. The number of carbonyl (C=O) groups excluding carboxylic acids is 1. The zero-order chi connectivity index (χ0) is 15.2. The lowest BCUT2D eigenvalue weighted by molar-refractivity contribution is -0.131. The Morgan fingerprint density at radius 1 is 1.33 bits per heavy atom. The molecular weight excluding hydrogens is 312 g/mol. The predicted octanol–water partition coefficient (Wildman–Crippen LogP) is 3.08. The summed E-state index contributed by atoms with van der Waals surface area (Å²) < 4.78 is 0. The summed E-state index contributed by atoms with van der Waals surface area (Å²) in [5.74, 6) is -1.22. The Morgan fingerprint density at radius 3 is 2.71 bits per heavy atom. The molecule has 0 aliphatic rings. The van der Waals surface area contributed by atoms with E-state index in [1.165, 1.54) is 23.6 Å². The van der Waals surface area contributed by atoms with E-state index in [0.29, 0.717) is 15.0 Å². The van der Waals surface area contributed by atoms with E-state index in [0.717, 1.165) is 11.6 Å². The van der Waals surface area contributed by atoms with E-state index in [4.69, 9.17) is 16.7 Å². The first-order valence-corrected chi connectivity index (χ1v) is 7.13. The van der Waals surface area contributed by atoms with Crippen LogP contribution in [-0.2, 0) is 16.0 Å². The standard InChI is InChI=1S/C14H11ClN2O3S/c15-10-3-1-9(2-4-10)7-12(18)17-14-16-8-11(21-14)5-6-13(19)20/h1-6,8H,7H2,(H,19,20)(H,16,17,18). The summed E-state index contributed by atoms with van der Waals surface area (Å²) in [5.41, 5.74) is 0.847. The molecule has 0 aliphatic heterocycles. The van der Waals surface area contributed by atoms with Gasteiger partial charge in [-0.15, -0.1) is 0 Å². The van der Waals surface area contributed by atoms with Crippen LogP contribution in [0.2, 0.25) is 5.02 Å². The van der Waals surface area contributed by atoms with Crippen molar-refractivity contribution in [3.05, 3.63) is 52.0 Å². The topological polar surface area (TPSA) is 79.3 Å². The van der Waals surface area contributed by atoms with E-state index in [1.54, 1.807) is 24.3 Å². The van der Waals surface area contributed by atoms with Crippen LogP contribution in [0.4, 0.5) is 5.13 Å². The van der Waals surface area contributed by atoms with Crippen LogP contribution in [0.3, 0.4) is 0 Å². The number of carbonyl (C=O) groups is 2. The van der Waals surface area contributed by atoms with Crippen LogP contribution >= 0.6 is 22.9 Å². The third-order valence-electron chi connectivity index (χ3n) is 2.44. The van der Waals surface area contributed by atoms with Crippen molar-refractivity contribution in [2.75, 3.05) is 5.32 Å². The zero-order valence-electron chi connectivity index (χ0n) is 10.7. The summed E-state index contributed by atoms with van der Waals surface area (Å²) in [4.78, 5) is 26.9. The minimum Gasteiger partial charge on any atom is -0.478 e. The van der Waals surface area contributed by atoms with Gasteiger partial charge in [0, 0.05) is 22.2 Å². The summed E-state index contributed by atoms with van der Waals surface area (Å²) >= 11 is 6.98. The van der Waals surface area contributed by atoms with Gasteiger partial charge >= 0.3 is 5.97 Å². The quantitative estimate of drug-likeness (QED) is 0.829. The van der Waals surface area contributed by atoms with Crippen LogP contribution in [0.5, 0.6) is 0 Å². The van der Waals surface area contributed by atoms with E-state index in [1.807, 2.05) is 0 Å². The van der Waals surface area contributed by atoms with E-state index in [9.17, 15) is 9.59 Å². The monoisotopic (exact) mass is 322 g/mol. The van der Waals surface area contributed by atoms with E-state index < -0.39 is 5.97 Å². The fraction of sp³-hybridized carbons (Fsp3) is 0.0714. The Kier molecular flexibility index (Phi) is 5.08. The number of rotatable bonds is 5. The SMILES string of the molecule is O=C(O)C=Cc1cnc(NC(=O)Cc2ccc(Cl)cc2)s1. The second-order valence-corrected chi connectivity index (χ2v) is 5.59. The van der Waals surface area contributed by atoms with Gasteiger partial charge in [-0.05, 0) is 23.8 Å². The van der Waals surface area contributed by atoms with Crippen molar-refractivity contribution in [3.63, 3.8) is 0 Å². The summed E-state index contributed by atoms with van der Waals surface area (Å²) in [6.45, 7) is 0. The van der Waals surface area contributed by atoms with Crippen LogP contribution in [0.25, 0.3) is 6.08 Å². The predicted molar refractivity (Wildman–Crippen MR) is 82.6 cm³/mol. The van der Waals surface area contributed by atoms with Gasteiger partial charge in [-0.3, -0.25) is 4.79 Å². The molecule has 5 nitrogen and oxygen atoms in total. The number of aromatic nitrogens is 1. The number of amides is 1. The molecule has 0 saturated carbocycles. The number of hydrogen-bond donors (Lipinski definition) is 2. The van der Waals surface area contributed by atoms with Gasteiger partial charge in [0.05, 0.1) is 6.42 Å². The van der Waals surface area contributed by atoms with E-state index in [-0.39, 0.29) is 12.3 Å². The zero-order valence-corrected chi connectivity index (χ0v) is 12.3. The van der Waals surface area contributed by atoms with Gasteiger partial charge in [0.1, 0.15) is 0 Å².